The number of aromatic nitrogens is 4. The summed E-state index contributed by atoms with van der Waals surface area (Å²) in [7, 11) is 0. The second-order valence-electron chi connectivity index (χ2n) is 6.71. The van der Waals surface area contributed by atoms with Gasteiger partial charge < -0.3 is 16.0 Å². The molecule has 0 atom stereocenters. The molecule has 0 radical (unpaired) electrons. The van der Waals surface area contributed by atoms with Crippen LogP contribution in [0.5, 0.6) is 0 Å². The lowest BCUT2D eigenvalue weighted by Crippen LogP contribution is -2.29. The second kappa shape index (κ2) is 8.95. The summed E-state index contributed by atoms with van der Waals surface area (Å²) in [6, 6.07) is 17.1. The largest absolute Gasteiger partial charge is 0.367 e. The number of aryl methyl sites for hydroxylation is 1. The van der Waals surface area contributed by atoms with Gasteiger partial charge in [0.2, 0.25) is 0 Å². The Kier molecular flexibility index (Phi) is 5.75. The first-order valence-electron chi connectivity index (χ1n) is 9.58. The number of pyridine rings is 2. The van der Waals surface area contributed by atoms with Gasteiger partial charge in [0.15, 0.2) is 5.82 Å². The van der Waals surface area contributed by atoms with Crippen molar-refractivity contribution in [3.8, 4) is 0 Å². The Labute approximate surface area is 173 Å². The first kappa shape index (κ1) is 19.3. The summed E-state index contributed by atoms with van der Waals surface area (Å²) >= 11 is 0. The normalized spacial score (nSPS) is 10.6. The van der Waals surface area contributed by atoms with E-state index in [0.717, 1.165) is 22.2 Å². The molecule has 0 aliphatic rings. The van der Waals surface area contributed by atoms with Crippen molar-refractivity contribution in [2.45, 2.75) is 6.92 Å². The SMILES string of the molecule is Cc1ccnc(Nc2ccc(NCCNC(=O)c3nccc4ccccc34)nn2)c1. The molecule has 3 heterocycles. The number of benzene rings is 1. The quantitative estimate of drug-likeness (QED) is 0.410. The fourth-order valence-electron chi connectivity index (χ4n) is 2.98. The number of carbonyl (C=O) groups excluding carboxylic acids is 1. The Hall–Kier alpha value is -4.07. The van der Waals surface area contributed by atoms with Crippen molar-refractivity contribution in [2.24, 2.45) is 0 Å². The number of hydrogen-bond donors (Lipinski definition) is 3. The lowest BCUT2D eigenvalue weighted by atomic mass is 10.1. The third kappa shape index (κ3) is 4.67. The summed E-state index contributed by atoms with van der Waals surface area (Å²) in [4.78, 5) is 20.9. The van der Waals surface area contributed by atoms with Crippen molar-refractivity contribution < 1.29 is 4.79 Å². The molecule has 30 heavy (non-hydrogen) atoms. The predicted octanol–water partition coefficient (Wildman–Crippen LogP) is 3.31. The molecule has 8 heteroatoms. The van der Waals surface area contributed by atoms with Gasteiger partial charge in [-0.25, -0.2) is 4.98 Å². The molecule has 3 aromatic heterocycles. The molecule has 1 amide bonds. The summed E-state index contributed by atoms with van der Waals surface area (Å²) in [6.07, 6.45) is 3.38. The molecule has 0 fully saturated rings. The van der Waals surface area contributed by atoms with E-state index < -0.39 is 0 Å². The zero-order valence-electron chi connectivity index (χ0n) is 16.5. The first-order valence-corrected chi connectivity index (χ1v) is 9.58. The van der Waals surface area contributed by atoms with E-state index in [1.807, 2.05) is 61.5 Å². The van der Waals surface area contributed by atoms with Gasteiger partial charge in [-0.05, 0) is 48.2 Å². The van der Waals surface area contributed by atoms with E-state index in [0.29, 0.717) is 30.4 Å². The number of carbonyl (C=O) groups is 1. The fourth-order valence-corrected chi connectivity index (χ4v) is 2.98. The number of anilines is 3. The van der Waals surface area contributed by atoms with Crippen molar-refractivity contribution in [2.75, 3.05) is 23.7 Å². The zero-order chi connectivity index (χ0) is 20.8. The Morgan fingerprint density at radius 3 is 2.50 bits per heavy atom. The van der Waals surface area contributed by atoms with E-state index in [1.54, 1.807) is 12.4 Å². The van der Waals surface area contributed by atoms with Crippen molar-refractivity contribution in [1.29, 1.82) is 0 Å². The summed E-state index contributed by atoms with van der Waals surface area (Å²) in [6.45, 7) is 2.94. The highest BCUT2D eigenvalue weighted by atomic mass is 16.1. The maximum absolute atomic E-state index is 12.5. The maximum Gasteiger partial charge on any atom is 0.270 e. The molecule has 0 saturated carbocycles. The van der Waals surface area contributed by atoms with Gasteiger partial charge in [-0.2, -0.15) is 0 Å². The Morgan fingerprint density at radius 2 is 1.67 bits per heavy atom. The standard InChI is InChI=1S/C22H21N7O/c1-15-8-10-23-20(14-15)27-19-7-6-18(28-29-19)24-12-13-26-22(30)21-17-5-3-2-4-16(17)9-11-25-21/h2-11,14H,12-13H2,1H3,(H,24,28)(H,26,30)(H,23,27,29). The van der Waals surface area contributed by atoms with Crippen LogP contribution >= 0.6 is 0 Å². The molecule has 1 aromatic carbocycles. The van der Waals surface area contributed by atoms with Crippen molar-refractivity contribution >= 4 is 34.1 Å². The Balaban J connectivity index is 1.27. The monoisotopic (exact) mass is 399 g/mol. The Bertz CT molecular complexity index is 1160. The molecule has 0 saturated heterocycles. The van der Waals surface area contributed by atoms with Gasteiger partial charge in [0.25, 0.3) is 5.91 Å². The second-order valence-corrected chi connectivity index (χ2v) is 6.71. The van der Waals surface area contributed by atoms with E-state index in [9.17, 15) is 4.79 Å². The summed E-state index contributed by atoms with van der Waals surface area (Å²) in [5.74, 6) is 1.74. The molecule has 0 aliphatic heterocycles. The van der Waals surface area contributed by atoms with Crippen LogP contribution < -0.4 is 16.0 Å². The lowest BCUT2D eigenvalue weighted by Gasteiger charge is -2.09. The summed E-state index contributed by atoms with van der Waals surface area (Å²) in [5, 5.41) is 19.2. The van der Waals surface area contributed by atoms with Gasteiger partial charge >= 0.3 is 0 Å². The minimum absolute atomic E-state index is 0.204. The number of nitrogens with zero attached hydrogens (tertiary/aromatic N) is 4. The molecule has 0 aliphatic carbocycles. The predicted molar refractivity (Wildman–Crippen MR) is 117 cm³/mol. The molecule has 0 spiro atoms. The first-order chi connectivity index (χ1) is 14.7. The number of hydrogen-bond acceptors (Lipinski definition) is 7. The number of rotatable bonds is 7. The highest BCUT2D eigenvalue weighted by Gasteiger charge is 2.10. The van der Waals surface area contributed by atoms with Gasteiger partial charge in [-0.15, -0.1) is 10.2 Å². The van der Waals surface area contributed by atoms with Crippen molar-refractivity contribution in [1.82, 2.24) is 25.5 Å². The minimum atomic E-state index is -0.204. The minimum Gasteiger partial charge on any atom is -0.367 e. The van der Waals surface area contributed by atoms with Crippen LogP contribution in [-0.4, -0.2) is 39.2 Å². The van der Waals surface area contributed by atoms with Gasteiger partial charge in [-0.1, -0.05) is 24.3 Å². The molecule has 4 rings (SSSR count). The van der Waals surface area contributed by atoms with Crippen molar-refractivity contribution in [3.63, 3.8) is 0 Å². The van der Waals surface area contributed by atoms with Crippen LogP contribution in [0.3, 0.4) is 0 Å². The maximum atomic E-state index is 12.5. The smallest absolute Gasteiger partial charge is 0.270 e. The third-order valence-electron chi connectivity index (χ3n) is 4.44. The van der Waals surface area contributed by atoms with Crippen LogP contribution in [0.2, 0.25) is 0 Å². The van der Waals surface area contributed by atoms with Gasteiger partial charge in [0.1, 0.15) is 17.3 Å². The number of fused-ring (bicyclic) bond motifs is 1. The van der Waals surface area contributed by atoms with Crippen LogP contribution in [0.25, 0.3) is 10.8 Å². The van der Waals surface area contributed by atoms with E-state index in [1.165, 1.54) is 0 Å². The summed E-state index contributed by atoms with van der Waals surface area (Å²) < 4.78 is 0. The molecule has 0 bridgehead atoms. The van der Waals surface area contributed by atoms with Crippen LogP contribution in [0.4, 0.5) is 17.5 Å². The van der Waals surface area contributed by atoms with Crippen LogP contribution in [0.15, 0.2) is 67.0 Å². The molecule has 8 nitrogen and oxygen atoms in total. The molecular formula is C22H21N7O. The van der Waals surface area contributed by atoms with E-state index >= 15 is 0 Å². The average Bonchev–Trinajstić information content (AvgIpc) is 2.77. The molecule has 4 aromatic rings. The lowest BCUT2D eigenvalue weighted by molar-refractivity contribution is 0.0952. The molecule has 0 unspecified atom stereocenters. The summed E-state index contributed by atoms with van der Waals surface area (Å²) in [5.41, 5.74) is 1.53. The van der Waals surface area contributed by atoms with Gasteiger partial charge in [0.05, 0.1) is 0 Å². The third-order valence-corrected chi connectivity index (χ3v) is 4.44. The van der Waals surface area contributed by atoms with Crippen LogP contribution in [-0.2, 0) is 0 Å². The Morgan fingerprint density at radius 1 is 0.867 bits per heavy atom. The van der Waals surface area contributed by atoms with Gasteiger partial charge in [0, 0.05) is 30.9 Å². The van der Waals surface area contributed by atoms with E-state index in [2.05, 4.69) is 36.1 Å². The average molecular weight is 399 g/mol. The van der Waals surface area contributed by atoms with E-state index in [4.69, 9.17) is 0 Å². The fraction of sp³-hybridized carbons (Fsp3) is 0.136. The molecular weight excluding hydrogens is 378 g/mol. The zero-order valence-corrected chi connectivity index (χ0v) is 16.5. The van der Waals surface area contributed by atoms with Crippen LogP contribution in [0.1, 0.15) is 16.1 Å². The van der Waals surface area contributed by atoms with E-state index in [-0.39, 0.29) is 5.91 Å². The van der Waals surface area contributed by atoms with Crippen molar-refractivity contribution in [3.05, 3.63) is 78.2 Å². The molecule has 3 N–H and O–H groups in total. The number of nitrogens with one attached hydrogen (secondary N) is 3. The van der Waals surface area contributed by atoms with Crippen LogP contribution in [0, 0.1) is 6.92 Å². The number of amides is 1. The highest BCUT2D eigenvalue weighted by Crippen LogP contribution is 2.16. The molecule has 150 valence electrons. The topological polar surface area (TPSA) is 105 Å². The highest BCUT2D eigenvalue weighted by molar-refractivity contribution is 6.05. The van der Waals surface area contributed by atoms with Gasteiger partial charge in [-0.3, -0.25) is 9.78 Å².